The molecule has 0 spiro atoms. The van der Waals surface area contributed by atoms with Gasteiger partial charge in [-0.25, -0.2) is 8.42 Å². The fraction of sp³-hybridized carbons (Fsp3) is 0.500. The van der Waals surface area contributed by atoms with Gasteiger partial charge in [-0.15, -0.1) is 0 Å². The van der Waals surface area contributed by atoms with Crippen LogP contribution in [0.4, 0.5) is 0 Å². The number of rotatable bonds is 5. The summed E-state index contributed by atoms with van der Waals surface area (Å²) in [5.41, 5.74) is 0.895. The summed E-state index contributed by atoms with van der Waals surface area (Å²) < 4.78 is 23.2. The second-order valence-corrected chi connectivity index (χ2v) is 5.96. The molecule has 0 aliphatic carbocycles. The Hall–Kier alpha value is -0.870. The molecule has 0 aliphatic rings. The minimum Gasteiger partial charge on any atom is -0.317 e. The summed E-state index contributed by atoms with van der Waals surface area (Å²) in [5, 5.41) is 3.18. The van der Waals surface area contributed by atoms with Crippen molar-refractivity contribution in [3.05, 3.63) is 29.8 Å². The molecule has 90 valence electrons. The Kier molecular flexibility index (Phi) is 4.50. The summed E-state index contributed by atoms with van der Waals surface area (Å²) in [4.78, 5) is 0.448. The largest absolute Gasteiger partial charge is 0.317 e. The first kappa shape index (κ1) is 13.2. The normalized spacial score (nSPS) is 13.7. The Morgan fingerprint density at radius 2 is 1.94 bits per heavy atom. The number of hydrogen-bond donors (Lipinski definition) is 1. The summed E-state index contributed by atoms with van der Waals surface area (Å²) in [6, 6.07) is 7.53. The van der Waals surface area contributed by atoms with Crippen molar-refractivity contribution in [1.29, 1.82) is 0 Å². The van der Waals surface area contributed by atoms with Crippen LogP contribution in [0.3, 0.4) is 0 Å². The Morgan fingerprint density at radius 1 is 1.31 bits per heavy atom. The minimum atomic E-state index is -3.12. The first-order valence-corrected chi connectivity index (χ1v) is 7.33. The second-order valence-electron chi connectivity index (χ2n) is 3.98. The van der Waals surface area contributed by atoms with Crippen LogP contribution in [0.1, 0.15) is 18.9 Å². The van der Waals surface area contributed by atoms with E-state index in [2.05, 4.69) is 12.2 Å². The number of likely N-dealkylation sites (N-methyl/N-ethyl adjacent to an activating group) is 1. The molecule has 1 N–H and O–H groups in total. The Bertz CT molecular complexity index is 436. The average molecular weight is 241 g/mol. The predicted molar refractivity (Wildman–Crippen MR) is 66.4 cm³/mol. The zero-order chi connectivity index (χ0) is 12.2. The lowest BCUT2D eigenvalue weighted by Gasteiger charge is -2.15. The van der Waals surface area contributed by atoms with Crippen molar-refractivity contribution >= 4 is 9.84 Å². The van der Waals surface area contributed by atoms with Crippen LogP contribution in [0.15, 0.2) is 29.2 Å². The molecule has 1 unspecified atom stereocenters. The smallest absolute Gasteiger partial charge is 0.175 e. The number of hydrogen-bond acceptors (Lipinski definition) is 3. The van der Waals surface area contributed by atoms with Crippen molar-refractivity contribution in [2.75, 3.05) is 13.3 Å². The highest BCUT2D eigenvalue weighted by molar-refractivity contribution is 7.90. The van der Waals surface area contributed by atoms with Crippen LogP contribution < -0.4 is 5.32 Å². The van der Waals surface area contributed by atoms with Crippen molar-refractivity contribution in [1.82, 2.24) is 5.32 Å². The van der Waals surface area contributed by atoms with E-state index in [1.807, 2.05) is 19.2 Å². The van der Waals surface area contributed by atoms with Crippen LogP contribution in [-0.4, -0.2) is 27.8 Å². The van der Waals surface area contributed by atoms with Crippen molar-refractivity contribution in [2.24, 2.45) is 0 Å². The van der Waals surface area contributed by atoms with E-state index >= 15 is 0 Å². The maximum atomic E-state index is 11.6. The molecule has 4 heteroatoms. The summed E-state index contributed by atoms with van der Waals surface area (Å²) in [6.45, 7) is 2.09. The quantitative estimate of drug-likeness (QED) is 0.852. The van der Waals surface area contributed by atoms with Crippen LogP contribution in [0.2, 0.25) is 0 Å². The third kappa shape index (κ3) is 3.32. The lowest BCUT2D eigenvalue weighted by atomic mass is 10.0. The highest BCUT2D eigenvalue weighted by Gasteiger charge is 2.14. The molecule has 0 fully saturated rings. The molecule has 0 aliphatic heterocycles. The van der Waals surface area contributed by atoms with Crippen molar-refractivity contribution in [3.63, 3.8) is 0 Å². The average Bonchev–Trinajstić information content (AvgIpc) is 2.25. The molecular formula is C12H19NO2S. The molecule has 0 aromatic heterocycles. The molecule has 0 heterocycles. The van der Waals surface area contributed by atoms with E-state index in [0.29, 0.717) is 10.9 Å². The van der Waals surface area contributed by atoms with Crippen LogP contribution in [0.5, 0.6) is 0 Å². The first-order valence-electron chi connectivity index (χ1n) is 5.44. The van der Waals surface area contributed by atoms with Crippen molar-refractivity contribution in [3.8, 4) is 0 Å². The van der Waals surface area contributed by atoms with Crippen molar-refractivity contribution < 1.29 is 8.42 Å². The van der Waals surface area contributed by atoms with Gasteiger partial charge in [-0.3, -0.25) is 0 Å². The molecule has 1 aromatic carbocycles. The van der Waals surface area contributed by atoms with E-state index in [1.54, 1.807) is 12.1 Å². The summed E-state index contributed by atoms with van der Waals surface area (Å²) in [5.74, 6) is 0. The van der Waals surface area contributed by atoms with Crippen LogP contribution in [0.25, 0.3) is 0 Å². The highest BCUT2D eigenvalue weighted by Crippen LogP contribution is 2.17. The Balaban J connectivity index is 3.05. The van der Waals surface area contributed by atoms with E-state index < -0.39 is 9.84 Å². The molecule has 1 atom stereocenters. The van der Waals surface area contributed by atoms with Gasteiger partial charge in [0.15, 0.2) is 9.84 Å². The Morgan fingerprint density at radius 3 is 2.44 bits per heavy atom. The zero-order valence-electron chi connectivity index (χ0n) is 10.0. The summed E-state index contributed by atoms with van der Waals surface area (Å²) in [6.07, 6.45) is 2.98. The minimum absolute atomic E-state index is 0.322. The van der Waals surface area contributed by atoms with Gasteiger partial charge in [0.1, 0.15) is 0 Å². The summed E-state index contributed by atoms with van der Waals surface area (Å²) >= 11 is 0. The van der Waals surface area contributed by atoms with Crippen LogP contribution >= 0.6 is 0 Å². The monoisotopic (exact) mass is 241 g/mol. The van der Waals surface area contributed by atoms with Crippen molar-refractivity contribution in [2.45, 2.75) is 30.7 Å². The molecule has 16 heavy (non-hydrogen) atoms. The maximum Gasteiger partial charge on any atom is 0.175 e. The standard InChI is InChI=1S/C12H19NO2S/c1-4-11(13-2)9-10-7-5-6-8-12(10)16(3,14)15/h5-8,11,13H,4,9H2,1-3H3. The van der Waals surface area contributed by atoms with Crippen LogP contribution in [-0.2, 0) is 16.3 Å². The third-order valence-electron chi connectivity index (χ3n) is 2.74. The lowest BCUT2D eigenvalue weighted by molar-refractivity contribution is 0.538. The van der Waals surface area contributed by atoms with Gasteiger partial charge in [0.2, 0.25) is 0 Å². The van der Waals surface area contributed by atoms with Gasteiger partial charge in [-0.2, -0.15) is 0 Å². The van der Waals surface area contributed by atoms with Gasteiger partial charge in [-0.05, 0) is 31.5 Å². The van der Waals surface area contributed by atoms with Gasteiger partial charge >= 0.3 is 0 Å². The van der Waals surface area contributed by atoms with E-state index in [-0.39, 0.29) is 0 Å². The molecule has 0 bridgehead atoms. The first-order chi connectivity index (χ1) is 7.49. The van der Waals surface area contributed by atoms with Gasteiger partial charge in [-0.1, -0.05) is 25.1 Å². The SMILES string of the molecule is CCC(Cc1ccccc1S(C)(=O)=O)NC. The highest BCUT2D eigenvalue weighted by atomic mass is 32.2. The number of sulfone groups is 1. The molecule has 0 saturated heterocycles. The topological polar surface area (TPSA) is 46.2 Å². The second kappa shape index (κ2) is 5.46. The Labute approximate surface area is 97.8 Å². The van der Waals surface area contributed by atoms with Crippen LogP contribution in [0, 0.1) is 0 Å². The third-order valence-corrected chi connectivity index (χ3v) is 3.94. The van der Waals surface area contributed by atoms with Gasteiger partial charge in [0.05, 0.1) is 4.90 Å². The van der Waals surface area contributed by atoms with Gasteiger partial charge in [0.25, 0.3) is 0 Å². The molecule has 1 aromatic rings. The lowest BCUT2D eigenvalue weighted by Crippen LogP contribution is -2.27. The fourth-order valence-electron chi connectivity index (χ4n) is 1.75. The molecule has 1 rings (SSSR count). The molecule has 0 amide bonds. The van der Waals surface area contributed by atoms with E-state index in [9.17, 15) is 8.42 Å². The number of nitrogens with one attached hydrogen (secondary N) is 1. The van der Waals surface area contributed by atoms with E-state index in [0.717, 1.165) is 18.4 Å². The van der Waals surface area contributed by atoms with Gasteiger partial charge in [0, 0.05) is 12.3 Å². The maximum absolute atomic E-state index is 11.6. The zero-order valence-corrected chi connectivity index (χ0v) is 10.8. The molecule has 3 nitrogen and oxygen atoms in total. The summed E-state index contributed by atoms with van der Waals surface area (Å²) in [7, 11) is -1.22. The molecular weight excluding hydrogens is 222 g/mol. The number of benzene rings is 1. The fourth-order valence-corrected chi connectivity index (χ4v) is 2.70. The molecule has 0 radical (unpaired) electrons. The van der Waals surface area contributed by atoms with E-state index in [1.165, 1.54) is 6.26 Å². The van der Waals surface area contributed by atoms with E-state index in [4.69, 9.17) is 0 Å². The predicted octanol–water partition coefficient (Wildman–Crippen LogP) is 1.63. The van der Waals surface area contributed by atoms with Gasteiger partial charge < -0.3 is 5.32 Å². The molecule has 0 saturated carbocycles.